The van der Waals surface area contributed by atoms with Gasteiger partial charge in [-0.05, 0) is 56.7 Å². The lowest BCUT2D eigenvalue weighted by Gasteiger charge is -2.32. The number of hydrogen-bond acceptors (Lipinski definition) is 3. The van der Waals surface area contributed by atoms with Gasteiger partial charge < -0.3 is 9.47 Å². The Kier molecular flexibility index (Phi) is 8.30. The normalized spacial score (nSPS) is 21.6. The van der Waals surface area contributed by atoms with Gasteiger partial charge in [-0.15, -0.1) is 0 Å². The minimum absolute atomic E-state index is 0.0155. The summed E-state index contributed by atoms with van der Waals surface area (Å²) in [6.45, 7) is 6.37. The molecule has 1 fully saturated rings. The third-order valence-corrected chi connectivity index (χ3v) is 5.17. The van der Waals surface area contributed by atoms with Crippen molar-refractivity contribution in [2.24, 2.45) is 0 Å². The lowest BCUT2D eigenvalue weighted by molar-refractivity contribution is -0.151. The number of carbonyl (C=O) groups is 1. The topological polar surface area (TPSA) is 35.5 Å². The Morgan fingerprint density at radius 3 is 2.76 bits per heavy atom. The molecular formula is C22H34O3. The van der Waals surface area contributed by atoms with E-state index in [9.17, 15) is 4.79 Å². The fraction of sp³-hybridized carbons (Fsp3) is 0.682. The van der Waals surface area contributed by atoms with Gasteiger partial charge in [0.15, 0.2) is 0 Å². The van der Waals surface area contributed by atoms with Gasteiger partial charge in [0.25, 0.3) is 0 Å². The molecule has 140 valence electrons. The van der Waals surface area contributed by atoms with E-state index in [1.165, 1.54) is 12.0 Å². The Morgan fingerprint density at radius 2 is 2.00 bits per heavy atom. The van der Waals surface area contributed by atoms with Gasteiger partial charge in [-0.1, -0.05) is 45.2 Å². The van der Waals surface area contributed by atoms with Crippen molar-refractivity contribution >= 4 is 5.97 Å². The lowest BCUT2D eigenvalue weighted by Crippen LogP contribution is -2.28. The van der Waals surface area contributed by atoms with Gasteiger partial charge in [0.1, 0.15) is 11.9 Å². The third kappa shape index (κ3) is 6.37. The van der Waals surface area contributed by atoms with Crippen molar-refractivity contribution in [3.63, 3.8) is 0 Å². The van der Waals surface area contributed by atoms with Gasteiger partial charge in [0, 0.05) is 12.3 Å². The molecule has 3 nitrogen and oxygen atoms in total. The molecule has 1 aromatic carbocycles. The number of unbranched alkanes of at least 4 members (excludes halogenated alkanes) is 2. The molecule has 1 aromatic rings. The highest BCUT2D eigenvalue weighted by Gasteiger charge is 2.29. The molecule has 0 spiro atoms. The molecule has 3 atom stereocenters. The van der Waals surface area contributed by atoms with Gasteiger partial charge in [0.2, 0.25) is 0 Å². The van der Waals surface area contributed by atoms with Crippen LogP contribution in [-0.2, 0) is 9.53 Å². The van der Waals surface area contributed by atoms with Crippen molar-refractivity contribution in [3.8, 4) is 5.75 Å². The molecule has 3 heteroatoms. The largest absolute Gasteiger partial charge is 0.491 e. The molecule has 2 rings (SSSR count). The van der Waals surface area contributed by atoms with Crippen LogP contribution in [0.25, 0.3) is 0 Å². The molecule has 0 bridgehead atoms. The zero-order valence-electron chi connectivity index (χ0n) is 16.1. The highest BCUT2D eigenvalue weighted by atomic mass is 16.5. The molecular weight excluding hydrogens is 312 g/mol. The van der Waals surface area contributed by atoms with E-state index in [1.807, 2.05) is 6.07 Å². The summed E-state index contributed by atoms with van der Waals surface area (Å²) in [6.07, 6.45) is 9.33. The van der Waals surface area contributed by atoms with Gasteiger partial charge in [-0.25, -0.2) is 0 Å². The van der Waals surface area contributed by atoms with E-state index in [4.69, 9.17) is 9.47 Å². The second kappa shape index (κ2) is 10.5. The molecule has 0 N–H and O–H groups in total. The highest BCUT2D eigenvalue weighted by molar-refractivity contribution is 5.69. The van der Waals surface area contributed by atoms with Crippen molar-refractivity contribution in [1.82, 2.24) is 0 Å². The van der Waals surface area contributed by atoms with E-state index in [1.54, 1.807) is 0 Å². The van der Waals surface area contributed by atoms with Crippen LogP contribution in [0.4, 0.5) is 0 Å². The Bertz CT molecular complexity index is 526. The second-order valence-electron chi connectivity index (χ2n) is 7.29. The van der Waals surface area contributed by atoms with E-state index < -0.39 is 0 Å². The monoisotopic (exact) mass is 346 g/mol. The van der Waals surface area contributed by atoms with Crippen LogP contribution in [0.1, 0.15) is 90.0 Å². The molecule has 0 aromatic heterocycles. The van der Waals surface area contributed by atoms with Crippen LogP contribution in [0.5, 0.6) is 5.75 Å². The lowest BCUT2D eigenvalue weighted by atomic mass is 9.81. The average Bonchev–Trinajstić information content (AvgIpc) is 2.62. The van der Waals surface area contributed by atoms with E-state index >= 15 is 0 Å². The average molecular weight is 347 g/mol. The Morgan fingerprint density at radius 1 is 1.20 bits per heavy atom. The maximum Gasteiger partial charge on any atom is 0.306 e. The molecule has 0 amide bonds. The van der Waals surface area contributed by atoms with Crippen LogP contribution in [0, 0.1) is 0 Å². The summed E-state index contributed by atoms with van der Waals surface area (Å²) < 4.78 is 11.8. The quantitative estimate of drug-likeness (QED) is 0.405. The zero-order valence-corrected chi connectivity index (χ0v) is 16.1. The fourth-order valence-electron chi connectivity index (χ4n) is 3.50. The third-order valence-electron chi connectivity index (χ3n) is 5.17. The minimum Gasteiger partial charge on any atom is -0.491 e. The predicted molar refractivity (Wildman–Crippen MR) is 102 cm³/mol. The summed E-state index contributed by atoms with van der Waals surface area (Å²) in [5.41, 5.74) is 1.24. The molecule has 0 aliphatic heterocycles. The SMILES string of the molecule is CCCCCC(=O)O[C@H]1CCCC[C@@H]1c1cccc(OC(C)CC)c1. The summed E-state index contributed by atoms with van der Waals surface area (Å²) in [5, 5.41) is 0. The van der Waals surface area contributed by atoms with Crippen LogP contribution in [0.15, 0.2) is 24.3 Å². The molecule has 0 saturated heterocycles. The number of esters is 1. The fourth-order valence-corrected chi connectivity index (χ4v) is 3.50. The van der Waals surface area contributed by atoms with Crippen LogP contribution < -0.4 is 4.74 Å². The van der Waals surface area contributed by atoms with Crippen molar-refractivity contribution < 1.29 is 14.3 Å². The van der Waals surface area contributed by atoms with Crippen LogP contribution in [-0.4, -0.2) is 18.2 Å². The Balaban J connectivity index is 2.02. The van der Waals surface area contributed by atoms with E-state index in [2.05, 4.69) is 39.0 Å². The first kappa shape index (κ1) is 19.8. The standard InChI is InChI=1S/C22H34O3/c1-4-6-7-15-22(23)25-21-14-9-8-13-20(21)18-11-10-12-19(16-18)24-17(3)5-2/h10-12,16-17,20-21H,4-9,13-15H2,1-3H3/t17?,20-,21+/m1/s1. The summed E-state index contributed by atoms with van der Waals surface area (Å²) >= 11 is 0. The van der Waals surface area contributed by atoms with Crippen LogP contribution >= 0.6 is 0 Å². The first-order valence-corrected chi connectivity index (χ1v) is 10.1. The Hall–Kier alpha value is -1.51. The molecule has 1 unspecified atom stereocenters. The van der Waals surface area contributed by atoms with Crippen LogP contribution in [0.2, 0.25) is 0 Å². The van der Waals surface area contributed by atoms with Crippen LogP contribution in [0.3, 0.4) is 0 Å². The second-order valence-corrected chi connectivity index (χ2v) is 7.29. The van der Waals surface area contributed by atoms with Gasteiger partial charge in [0.05, 0.1) is 6.10 Å². The van der Waals surface area contributed by atoms with Crippen molar-refractivity contribution in [2.45, 2.75) is 96.7 Å². The summed E-state index contributed by atoms with van der Waals surface area (Å²) in [5.74, 6) is 1.19. The maximum atomic E-state index is 12.2. The maximum absolute atomic E-state index is 12.2. The Labute approximate surface area is 153 Å². The summed E-state index contributed by atoms with van der Waals surface area (Å²) in [6, 6.07) is 8.36. The molecule has 1 aliphatic carbocycles. The highest BCUT2D eigenvalue weighted by Crippen LogP contribution is 2.36. The van der Waals surface area contributed by atoms with E-state index in [0.717, 1.165) is 50.7 Å². The van der Waals surface area contributed by atoms with E-state index in [0.29, 0.717) is 12.3 Å². The molecule has 1 aliphatic rings. The van der Waals surface area contributed by atoms with Crippen molar-refractivity contribution in [3.05, 3.63) is 29.8 Å². The van der Waals surface area contributed by atoms with E-state index in [-0.39, 0.29) is 18.2 Å². The first-order valence-electron chi connectivity index (χ1n) is 10.1. The zero-order chi connectivity index (χ0) is 18.1. The van der Waals surface area contributed by atoms with Gasteiger partial charge in [-0.3, -0.25) is 4.79 Å². The number of rotatable bonds is 9. The van der Waals surface area contributed by atoms with Crippen molar-refractivity contribution in [1.29, 1.82) is 0 Å². The molecule has 0 heterocycles. The van der Waals surface area contributed by atoms with Gasteiger partial charge >= 0.3 is 5.97 Å². The number of ether oxygens (including phenoxy) is 2. The molecule has 0 radical (unpaired) electrons. The van der Waals surface area contributed by atoms with Gasteiger partial charge in [-0.2, -0.15) is 0 Å². The smallest absolute Gasteiger partial charge is 0.306 e. The number of benzene rings is 1. The minimum atomic E-state index is -0.0302. The predicted octanol–water partition coefficient (Wildman–Crippen LogP) is 6.01. The molecule has 25 heavy (non-hydrogen) atoms. The number of carbonyl (C=O) groups excluding carboxylic acids is 1. The summed E-state index contributed by atoms with van der Waals surface area (Å²) in [4.78, 5) is 12.2. The van der Waals surface area contributed by atoms with Crippen molar-refractivity contribution in [2.75, 3.05) is 0 Å². The number of hydrogen-bond donors (Lipinski definition) is 0. The summed E-state index contributed by atoms with van der Waals surface area (Å²) in [7, 11) is 0. The first-order chi connectivity index (χ1) is 12.1. The molecule has 1 saturated carbocycles.